The number of aromatic nitrogens is 2. The molecule has 1 amide bonds. The van der Waals surface area contributed by atoms with E-state index in [1.807, 2.05) is 29.6 Å². The number of thiophene rings is 1. The molecule has 2 aromatic carbocycles. The maximum absolute atomic E-state index is 13.3. The van der Waals surface area contributed by atoms with Crippen LogP contribution in [0.25, 0.3) is 10.2 Å². The molecule has 0 bridgehead atoms. The highest BCUT2D eigenvalue weighted by Gasteiger charge is 2.15. The summed E-state index contributed by atoms with van der Waals surface area (Å²) in [6, 6.07) is 14.9. The van der Waals surface area contributed by atoms with Gasteiger partial charge in [-0.25, -0.2) is 9.37 Å². The summed E-state index contributed by atoms with van der Waals surface area (Å²) < 4.78 is 20.7. The lowest BCUT2D eigenvalue weighted by atomic mass is 10.2. The van der Waals surface area contributed by atoms with Gasteiger partial charge in [-0.3, -0.25) is 14.2 Å². The number of amides is 1. The topological polar surface area (TPSA) is 73.2 Å². The molecule has 0 saturated heterocycles. The van der Waals surface area contributed by atoms with Gasteiger partial charge < -0.3 is 10.1 Å². The molecule has 0 spiro atoms. The minimum atomic E-state index is -0.429. The predicted molar refractivity (Wildman–Crippen MR) is 122 cm³/mol. The quantitative estimate of drug-likeness (QED) is 0.331. The van der Waals surface area contributed by atoms with Crippen LogP contribution < -0.4 is 15.6 Å². The zero-order chi connectivity index (χ0) is 21.8. The minimum Gasteiger partial charge on any atom is -0.497 e. The average Bonchev–Trinajstić information content (AvgIpc) is 3.23. The zero-order valence-corrected chi connectivity index (χ0v) is 18.1. The van der Waals surface area contributed by atoms with Crippen molar-refractivity contribution < 1.29 is 13.9 Å². The van der Waals surface area contributed by atoms with Crippen molar-refractivity contribution in [2.45, 2.75) is 11.7 Å². The number of benzene rings is 2. The monoisotopic (exact) mass is 455 g/mol. The number of rotatable bonds is 7. The third-order valence-corrected chi connectivity index (χ3v) is 6.31. The molecular formula is C22H18FN3O3S2. The predicted octanol–water partition coefficient (Wildman–Crippen LogP) is 4.38. The van der Waals surface area contributed by atoms with Crippen LogP contribution >= 0.6 is 23.1 Å². The molecule has 2 aromatic heterocycles. The van der Waals surface area contributed by atoms with E-state index in [1.165, 1.54) is 29.5 Å². The van der Waals surface area contributed by atoms with Gasteiger partial charge in [-0.2, -0.15) is 0 Å². The van der Waals surface area contributed by atoms with E-state index in [1.54, 1.807) is 23.8 Å². The number of hydrogen-bond acceptors (Lipinski definition) is 6. The molecule has 0 unspecified atom stereocenters. The number of anilines is 1. The second-order valence-electron chi connectivity index (χ2n) is 6.62. The largest absolute Gasteiger partial charge is 0.497 e. The Morgan fingerprint density at radius 1 is 1.23 bits per heavy atom. The lowest BCUT2D eigenvalue weighted by Crippen LogP contribution is -2.24. The normalized spacial score (nSPS) is 10.9. The van der Waals surface area contributed by atoms with Crippen LogP contribution in [0.2, 0.25) is 0 Å². The van der Waals surface area contributed by atoms with Gasteiger partial charge in [0.15, 0.2) is 5.16 Å². The molecule has 4 rings (SSSR count). The average molecular weight is 456 g/mol. The van der Waals surface area contributed by atoms with Crippen LogP contribution in [-0.4, -0.2) is 28.3 Å². The Labute approximate surface area is 185 Å². The molecule has 2 heterocycles. The van der Waals surface area contributed by atoms with E-state index in [0.717, 1.165) is 17.3 Å². The van der Waals surface area contributed by atoms with Crippen LogP contribution in [0.1, 0.15) is 5.56 Å². The molecule has 0 aliphatic carbocycles. The number of fused-ring (bicyclic) bond motifs is 1. The van der Waals surface area contributed by atoms with Gasteiger partial charge in [0.1, 0.15) is 16.3 Å². The van der Waals surface area contributed by atoms with Gasteiger partial charge in [-0.1, -0.05) is 30.0 Å². The molecule has 31 heavy (non-hydrogen) atoms. The Morgan fingerprint density at radius 3 is 2.87 bits per heavy atom. The SMILES string of the molecule is COc1cccc(Cn2c(SCC(=O)Nc3cccc(F)c3)nc3ccsc3c2=O)c1. The fourth-order valence-electron chi connectivity index (χ4n) is 3.02. The van der Waals surface area contributed by atoms with E-state index in [0.29, 0.717) is 33.4 Å². The van der Waals surface area contributed by atoms with Crippen LogP contribution in [0.3, 0.4) is 0 Å². The van der Waals surface area contributed by atoms with Gasteiger partial charge in [0.05, 0.1) is 24.9 Å². The number of carbonyl (C=O) groups is 1. The molecule has 0 fully saturated rings. The van der Waals surface area contributed by atoms with Crippen molar-refractivity contribution in [3.8, 4) is 5.75 Å². The molecule has 0 aliphatic heterocycles. The lowest BCUT2D eigenvalue weighted by molar-refractivity contribution is -0.113. The van der Waals surface area contributed by atoms with Crippen LogP contribution in [-0.2, 0) is 11.3 Å². The molecule has 9 heteroatoms. The second-order valence-corrected chi connectivity index (χ2v) is 8.48. The Bertz CT molecular complexity index is 1300. The van der Waals surface area contributed by atoms with Crippen molar-refractivity contribution in [3.05, 3.63) is 81.7 Å². The number of halogens is 1. The summed E-state index contributed by atoms with van der Waals surface area (Å²) in [5.41, 5.74) is 1.70. The van der Waals surface area contributed by atoms with Crippen LogP contribution in [0.5, 0.6) is 5.75 Å². The highest BCUT2D eigenvalue weighted by Crippen LogP contribution is 2.23. The van der Waals surface area contributed by atoms with Crippen molar-refractivity contribution in [1.29, 1.82) is 0 Å². The van der Waals surface area contributed by atoms with E-state index in [9.17, 15) is 14.0 Å². The standard InChI is InChI=1S/C22H18FN3O3S2/c1-29-17-7-2-4-14(10-17)12-26-21(28)20-18(8-9-30-20)25-22(26)31-13-19(27)24-16-6-3-5-15(23)11-16/h2-11H,12-13H2,1H3,(H,24,27). The lowest BCUT2D eigenvalue weighted by Gasteiger charge is -2.13. The Balaban J connectivity index is 1.59. The van der Waals surface area contributed by atoms with Gasteiger partial charge >= 0.3 is 0 Å². The molecule has 0 saturated carbocycles. The number of hydrogen-bond donors (Lipinski definition) is 1. The molecule has 158 valence electrons. The van der Waals surface area contributed by atoms with Gasteiger partial charge in [0.2, 0.25) is 5.91 Å². The van der Waals surface area contributed by atoms with Crippen molar-refractivity contribution in [3.63, 3.8) is 0 Å². The first-order valence-electron chi connectivity index (χ1n) is 9.32. The van der Waals surface area contributed by atoms with Crippen LogP contribution in [0.4, 0.5) is 10.1 Å². The Kier molecular flexibility index (Phi) is 6.34. The van der Waals surface area contributed by atoms with Crippen molar-refractivity contribution in [1.82, 2.24) is 9.55 Å². The fourth-order valence-corrected chi connectivity index (χ4v) is 4.60. The maximum atomic E-state index is 13.3. The molecule has 1 N–H and O–H groups in total. The first-order chi connectivity index (χ1) is 15.0. The summed E-state index contributed by atoms with van der Waals surface area (Å²) >= 11 is 2.50. The van der Waals surface area contributed by atoms with Gasteiger partial charge in [0, 0.05) is 5.69 Å². The molecule has 0 atom stereocenters. The molecule has 4 aromatic rings. The van der Waals surface area contributed by atoms with Gasteiger partial charge in [-0.15, -0.1) is 11.3 Å². The number of nitrogens with zero attached hydrogens (tertiary/aromatic N) is 2. The number of methoxy groups -OCH3 is 1. The van der Waals surface area contributed by atoms with E-state index >= 15 is 0 Å². The van der Waals surface area contributed by atoms with Crippen molar-refractivity contribution in [2.24, 2.45) is 0 Å². The highest BCUT2D eigenvalue weighted by molar-refractivity contribution is 7.99. The number of nitrogens with one attached hydrogen (secondary N) is 1. The third-order valence-electron chi connectivity index (χ3n) is 4.45. The minimum absolute atomic E-state index is 0.0245. The number of thioether (sulfide) groups is 1. The highest BCUT2D eigenvalue weighted by atomic mass is 32.2. The Hall–Kier alpha value is -3.17. The first-order valence-corrected chi connectivity index (χ1v) is 11.2. The van der Waals surface area contributed by atoms with E-state index < -0.39 is 5.82 Å². The third kappa shape index (κ3) is 4.95. The molecular weight excluding hydrogens is 437 g/mol. The first kappa shape index (κ1) is 21.1. The van der Waals surface area contributed by atoms with Gasteiger partial charge in [-0.05, 0) is 47.3 Å². The summed E-state index contributed by atoms with van der Waals surface area (Å²) in [4.78, 5) is 30.0. The van der Waals surface area contributed by atoms with Crippen LogP contribution in [0, 0.1) is 5.82 Å². The smallest absolute Gasteiger partial charge is 0.272 e. The number of ether oxygens (including phenoxy) is 1. The van der Waals surface area contributed by atoms with E-state index in [4.69, 9.17) is 4.74 Å². The number of carbonyl (C=O) groups excluding carboxylic acids is 1. The summed E-state index contributed by atoms with van der Waals surface area (Å²) in [6.07, 6.45) is 0. The summed E-state index contributed by atoms with van der Waals surface area (Å²) in [7, 11) is 1.59. The van der Waals surface area contributed by atoms with E-state index in [2.05, 4.69) is 10.3 Å². The van der Waals surface area contributed by atoms with Crippen molar-refractivity contribution in [2.75, 3.05) is 18.2 Å². The summed E-state index contributed by atoms with van der Waals surface area (Å²) in [6.45, 7) is 0.296. The Morgan fingerprint density at radius 2 is 2.06 bits per heavy atom. The summed E-state index contributed by atoms with van der Waals surface area (Å²) in [5.74, 6) is -0.0267. The maximum Gasteiger partial charge on any atom is 0.272 e. The molecule has 0 aliphatic rings. The second kappa shape index (κ2) is 9.32. The zero-order valence-electron chi connectivity index (χ0n) is 16.5. The molecule has 6 nitrogen and oxygen atoms in total. The van der Waals surface area contributed by atoms with Crippen molar-refractivity contribution >= 4 is 44.9 Å². The molecule has 0 radical (unpaired) electrons. The van der Waals surface area contributed by atoms with Crippen LogP contribution in [0.15, 0.2) is 69.9 Å². The van der Waals surface area contributed by atoms with Gasteiger partial charge in [0.25, 0.3) is 5.56 Å². The van der Waals surface area contributed by atoms with E-state index in [-0.39, 0.29) is 17.2 Å². The summed E-state index contributed by atoms with van der Waals surface area (Å²) in [5, 5.41) is 4.91. The fraction of sp³-hybridized carbons (Fsp3) is 0.136.